The Morgan fingerprint density at radius 3 is 2.35 bits per heavy atom. The van der Waals surface area contributed by atoms with Gasteiger partial charge in [0.25, 0.3) is 0 Å². The number of esters is 2. The van der Waals surface area contributed by atoms with Crippen molar-refractivity contribution in [3.8, 4) is 0 Å². The minimum absolute atomic E-state index is 0.000191. The third kappa shape index (κ3) is 14.0. The first-order valence-corrected chi connectivity index (χ1v) is 21.6. The van der Waals surface area contributed by atoms with Crippen LogP contribution < -0.4 is 0 Å². The van der Waals surface area contributed by atoms with Crippen molar-refractivity contribution in [2.45, 2.75) is 166 Å². The second-order valence-electron chi connectivity index (χ2n) is 16.9. The maximum absolute atomic E-state index is 13.4. The SMILES string of the molecule is CCC(=O)O[C@@H]1CC(=O)O[C@H](C)C/C=C/C=C/C(=O)[C@H](C)C[C@H](CC=O)[C@H](O[C@@H]2O[C@H](C)[C@@H](O[C@H]3C[C@@](C)(OOC)[C@@H](OCc4ccccc4)[C@H](C)O3)[C@H](N(C)C)[C@H]2O)C1OC. The molecule has 4 rings (SSSR count). The number of aliphatic hydroxyl groups excluding tert-OH is 1. The van der Waals surface area contributed by atoms with Crippen molar-refractivity contribution >= 4 is 24.0 Å². The van der Waals surface area contributed by atoms with Crippen LogP contribution in [-0.4, -0.2) is 141 Å². The number of carbonyl (C=O) groups excluding carboxylic acids is 4. The lowest BCUT2D eigenvalue weighted by atomic mass is 9.83. The fraction of sp³-hybridized carbons (Fsp3) is 0.696. The first-order chi connectivity index (χ1) is 29.5. The Labute approximate surface area is 366 Å². The number of ketones is 1. The van der Waals surface area contributed by atoms with E-state index in [2.05, 4.69) is 0 Å². The van der Waals surface area contributed by atoms with Gasteiger partial charge in [-0.2, -0.15) is 0 Å². The van der Waals surface area contributed by atoms with E-state index in [4.69, 9.17) is 47.7 Å². The molecule has 1 aromatic rings. The van der Waals surface area contributed by atoms with Gasteiger partial charge in [0.15, 0.2) is 18.4 Å². The van der Waals surface area contributed by atoms with Crippen LogP contribution in [0.3, 0.4) is 0 Å². The summed E-state index contributed by atoms with van der Waals surface area (Å²) in [5.41, 5.74) is -0.0108. The maximum atomic E-state index is 13.4. The van der Waals surface area contributed by atoms with Gasteiger partial charge in [-0.15, -0.1) is 0 Å². The summed E-state index contributed by atoms with van der Waals surface area (Å²) in [6, 6.07) is 9.02. The van der Waals surface area contributed by atoms with Gasteiger partial charge in [-0.25, -0.2) is 9.78 Å². The lowest BCUT2D eigenvalue weighted by Gasteiger charge is -2.50. The summed E-state index contributed by atoms with van der Waals surface area (Å²) >= 11 is 0. The Kier molecular flexibility index (Phi) is 20.3. The summed E-state index contributed by atoms with van der Waals surface area (Å²) in [4.78, 5) is 64.8. The second-order valence-corrected chi connectivity index (χ2v) is 16.9. The van der Waals surface area contributed by atoms with E-state index in [1.807, 2.05) is 44.2 Å². The summed E-state index contributed by atoms with van der Waals surface area (Å²) in [5, 5.41) is 12.2. The van der Waals surface area contributed by atoms with E-state index < -0.39 is 109 Å². The lowest BCUT2D eigenvalue weighted by Crippen LogP contribution is -2.66. The molecule has 348 valence electrons. The molecule has 3 aliphatic heterocycles. The first kappa shape index (κ1) is 51.2. The summed E-state index contributed by atoms with van der Waals surface area (Å²) in [7, 11) is 6.38. The largest absolute Gasteiger partial charge is 0.462 e. The molecule has 16 heteroatoms. The number of likely N-dealkylation sites (N-methyl/N-ethyl adjacent to an activating group) is 1. The molecule has 0 saturated carbocycles. The number of carbonyl (C=O) groups is 4. The second kappa shape index (κ2) is 24.6. The zero-order valence-electron chi connectivity index (χ0n) is 37.9. The number of cyclic esters (lactones) is 1. The topological polar surface area (TPSA) is 184 Å². The smallest absolute Gasteiger partial charge is 0.309 e. The quantitative estimate of drug-likeness (QED) is 0.109. The Hall–Kier alpha value is -3.42. The van der Waals surface area contributed by atoms with Crippen molar-refractivity contribution in [1.82, 2.24) is 4.90 Å². The first-order valence-electron chi connectivity index (χ1n) is 21.6. The van der Waals surface area contributed by atoms with Crippen LogP contribution in [0.25, 0.3) is 0 Å². The molecule has 0 radical (unpaired) electrons. The molecule has 0 spiro atoms. The van der Waals surface area contributed by atoms with Gasteiger partial charge in [-0.3, -0.25) is 14.4 Å². The van der Waals surface area contributed by atoms with E-state index in [9.17, 15) is 24.3 Å². The third-order valence-corrected chi connectivity index (χ3v) is 11.7. The molecule has 0 amide bonds. The van der Waals surface area contributed by atoms with Crippen molar-refractivity contribution < 1.29 is 72.0 Å². The molecule has 15 atom stereocenters. The Bertz CT molecular complexity index is 1620. The minimum atomic E-state index is -1.37. The molecule has 0 aliphatic carbocycles. The van der Waals surface area contributed by atoms with E-state index in [1.54, 1.807) is 64.9 Å². The number of nitrogens with zero attached hydrogens (tertiary/aromatic N) is 1. The van der Waals surface area contributed by atoms with E-state index in [0.717, 1.165) is 5.56 Å². The highest BCUT2D eigenvalue weighted by atomic mass is 17.2. The zero-order chi connectivity index (χ0) is 45.6. The number of allylic oxidation sites excluding steroid dienone is 3. The van der Waals surface area contributed by atoms with Crippen molar-refractivity contribution in [2.75, 3.05) is 28.3 Å². The van der Waals surface area contributed by atoms with Crippen LogP contribution in [0, 0.1) is 11.8 Å². The Morgan fingerprint density at radius 2 is 1.71 bits per heavy atom. The minimum Gasteiger partial charge on any atom is -0.462 e. The molecular weight excluding hydrogens is 806 g/mol. The monoisotopic (exact) mass is 875 g/mol. The number of rotatable bonds is 15. The van der Waals surface area contributed by atoms with Gasteiger partial charge < -0.3 is 52.7 Å². The highest BCUT2D eigenvalue weighted by molar-refractivity contribution is 5.91. The van der Waals surface area contributed by atoms with Crippen molar-refractivity contribution in [1.29, 1.82) is 0 Å². The normalized spacial score (nSPS) is 37.6. The van der Waals surface area contributed by atoms with E-state index in [1.165, 1.54) is 20.3 Å². The van der Waals surface area contributed by atoms with Gasteiger partial charge in [0, 0.05) is 38.7 Å². The summed E-state index contributed by atoms with van der Waals surface area (Å²) < 4.78 is 50.2. The van der Waals surface area contributed by atoms with Gasteiger partial charge in [0.1, 0.15) is 48.5 Å². The molecule has 1 aromatic carbocycles. The highest BCUT2D eigenvalue weighted by Crippen LogP contribution is 2.39. The van der Waals surface area contributed by atoms with E-state index in [-0.39, 0.29) is 31.5 Å². The fourth-order valence-electron chi connectivity index (χ4n) is 8.60. The molecule has 62 heavy (non-hydrogen) atoms. The molecule has 2 saturated heterocycles. The number of hydrogen-bond donors (Lipinski definition) is 1. The maximum Gasteiger partial charge on any atom is 0.309 e. The van der Waals surface area contributed by atoms with Crippen LogP contribution in [-0.2, 0) is 73.5 Å². The molecule has 3 heterocycles. The molecule has 3 aliphatic rings. The molecule has 0 aromatic heterocycles. The number of hydrogen-bond acceptors (Lipinski definition) is 16. The van der Waals surface area contributed by atoms with Crippen LogP contribution in [0.15, 0.2) is 54.6 Å². The Balaban J connectivity index is 1.65. The number of methoxy groups -OCH3 is 1. The van der Waals surface area contributed by atoms with Gasteiger partial charge in [0.05, 0.1) is 44.5 Å². The van der Waals surface area contributed by atoms with Crippen LogP contribution in [0.4, 0.5) is 0 Å². The van der Waals surface area contributed by atoms with Crippen molar-refractivity contribution in [3.63, 3.8) is 0 Å². The molecular formula is C46H69NO15. The number of ether oxygens (including phenoxy) is 8. The van der Waals surface area contributed by atoms with E-state index in [0.29, 0.717) is 19.3 Å². The molecule has 1 unspecified atom stereocenters. The van der Waals surface area contributed by atoms with Crippen LogP contribution in [0.5, 0.6) is 0 Å². The molecule has 2 fully saturated rings. The molecule has 16 nitrogen and oxygen atoms in total. The van der Waals surface area contributed by atoms with Crippen LogP contribution in [0.1, 0.15) is 85.6 Å². The number of aliphatic hydroxyl groups is 1. The lowest BCUT2D eigenvalue weighted by molar-refractivity contribution is -0.408. The average Bonchev–Trinajstić information content (AvgIpc) is 3.21. The summed E-state index contributed by atoms with van der Waals surface area (Å²) in [5.74, 6) is -2.76. The highest BCUT2D eigenvalue weighted by Gasteiger charge is 2.53. The Morgan fingerprint density at radius 1 is 0.984 bits per heavy atom. The predicted molar refractivity (Wildman–Crippen MR) is 225 cm³/mol. The van der Waals surface area contributed by atoms with Crippen molar-refractivity contribution in [3.05, 3.63) is 60.2 Å². The van der Waals surface area contributed by atoms with Gasteiger partial charge >= 0.3 is 11.9 Å². The zero-order valence-corrected chi connectivity index (χ0v) is 37.9. The van der Waals surface area contributed by atoms with Gasteiger partial charge in [-0.1, -0.05) is 62.4 Å². The van der Waals surface area contributed by atoms with Gasteiger partial charge in [0.2, 0.25) is 0 Å². The molecule has 1 N–H and O–H groups in total. The van der Waals surface area contributed by atoms with Gasteiger partial charge in [-0.05, 0) is 65.8 Å². The standard InChI is InChI=1S/C46H69NO15/c1-11-36(50)59-35-25-37(51)56-29(3)18-14-12-17-21-34(49)28(2)24-33(22-23-48)42(43(35)53-9)61-45-40(52)39(47(7)8)41(30(4)58-45)60-38-26-46(6,62-54-10)44(31(5)57-38)55-27-32-19-15-13-16-20-32/h12-17,19-21,23,28-31,33,35,38-45,52H,11,18,22,24-27H2,1-10H3/b14-12+,21-17+/t28-,29-,30-,31+,33+,35-,38+,39-,40-,41-,42+,43?,44+,45+,46-/m1/s1. The predicted octanol–water partition coefficient (Wildman–Crippen LogP) is 4.82. The average molecular weight is 876 g/mol. The summed E-state index contributed by atoms with van der Waals surface area (Å²) in [6.45, 7) is 10.9. The third-order valence-electron chi connectivity index (χ3n) is 11.7. The molecule has 0 bridgehead atoms. The van der Waals surface area contributed by atoms with E-state index >= 15 is 0 Å². The number of benzene rings is 1. The van der Waals surface area contributed by atoms with Crippen LogP contribution >= 0.6 is 0 Å². The fourth-order valence-corrected chi connectivity index (χ4v) is 8.60. The number of aldehydes is 1. The summed E-state index contributed by atoms with van der Waals surface area (Å²) in [6.07, 6.45) is -2.73. The van der Waals surface area contributed by atoms with Crippen LogP contribution in [0.2, 0.25) is 0 Å². The van der Waals surface area contributed by atoms with Crippen molar-refractivity contribution in [2.24, 2.45) is 11.8 Å².